The van der Waals surface area contributed by atoms with Crippen LogP contribution in [0.2, 0.25) is 19.6 Å². The van der Waals surface area contributed by atoms with Crippen LogP contribution in [-0.4, -0.2) is 32.9 Å². The first-order valence-corrected chi connectivity index (χ1v) is 12.1. The SMILES string of the molecule is COc1ccc([C@@H]2c3ccccc3C[N@+]2(C)C[Si](C)(C)C)cc1. The first kappa shape index (κ1) is 16.3. The summed E-state index contributed by atoms with van der Waals surface area (Å²) in [4.78, 5) is 0. The summed E-state index contributed by atoms with van der Waals surface area (Å²) in [6.45, 7) is 8.57. The molecule has 1 heterocycles. The molecule has 0 saturated carbocycles. The van der Waals surface area contributed by atoms with Crippen LogP contribution in [0.4, 0.5) is 0 Å². The van der Waals surface area contributed by atoms with Crippen LogP contribution < -0.4 is 4.74 Å². The molecule has 0 unspecified atom stereocenters. The van der Waals surface area contributed by atoms with Crippen molar-refractivity contribution >= 4 is 8.07 Å². The van der Waals surface area contributed by atoms with E-state index in [1.54, 1.807) is 7.11 Å². The van der Waals surface area contributed by atoms with Crippen molar-refractivity contribution in [3.63, 3.8) is 0 Å². The van der Waals surface area contributed by atoms with Crippen LogP contribution in [0.1, 0.15) is 22.7 Å². The maximum atomic E-state index is 5.34. The normalized spacial score (nSPS) is 23.6. The van der Waals surface area contributed by atoms with Gasteiger partial charge in [-0.3, -0.25) is 0 Å². The Labute approximate surface area is 141 Å². The summed E-state index contributed by atoms with van der Waals surface area (Å²) < 4.78 is 6.43. The molecule has 2 aromatic rings. The summed E-state index contributed by atoms with van der Waals surface area (Å²) in [7, 11) is 2.99. The standard InChI is InChI=1S/C20H28NOSi/c1-21(15-23(3,4)5)14-17-8-6-7-9-19(17)20(21)16-10-12-18(22-2)13-11-16/h6-13,20H,14-15H2,1-5H3/q+1/t20-,21-/m1/s1. The second-order valence-corrected chi connectivity index (χ2v) is 13.7. The van der Waals surface area contributed by atoms with Gasteiger partial charge in [0, 0.05) is 16.7 Å². The van der Waals surface area contributed by atoms with E-state index in [-0.39, 0.29) is 0 Å². The van der Waals surface area contributed by atoms with Crippen LogP contribution >= 0.6 is 0 Å². The van der Waals surface area contributed by atoms with Gasteiger partial charge in [0.05, 0.1) is 20.3 Å². The maximum Gasteiger partial charge on any atom is 0.141 e. The lowest BCUT2D eigenvalue weighted by Gasteiger charge is -2.40. The van der Waals surface area contributed by atoms with Gasteiger partial charge >= 0.3 is 0 Å². The van der Waals surface area contributed by atoms with E-state index in [1.807, 2.05) is 0 Å². The Morgan fingerprint density at radius 2 is 1.70 bits per heavy atom. The van der Waals surface area contributed by atoms with Gasteiger partial charge in [0.1, 0.15) is 26.4 Å². The van der Waals surface area contributed by atoms with E-state index in [0.29, 0.717) is 6.04 Å². The molecule has 0 N–H and O–H groups in total. The molecule has 0 saturated heterocycles. The quantitative estimate of drug-likeness (QED) is 0.588. The number of rotatable bonds is 4. The van der Waals surface area contributed by atoms with Crippen LogP contribution in [0.15, 0.2) is 48.5 Å². The van der Waals surface area contributed by atoms with Crippen molar-refractivity contribution in [2.45, 2.75) is 32.2 Å². The lowest BCUT2D eigenvalue weighted by Crippen LogP contribution is -2.52. The Morgan fingerprint density at radius 1 is 1.04 bits per heavy atom. The van der Waals surface area contributed by atoms with E-state index in [9.17, 15) is 0 Å². The number of hydrogen-bond acceptors (Lipinski definition) is 1. The number of nitrogens with zero attached hydrogens (tertiary/aromatic N) is 1. The summed E-state index contributed by atoms with van der Waals surface area (Å²) in [5, 5.41) is 0. The number of fused-ring (bicyclic) bond motifs is 1. The third kappa shape index (κ3) is 3.21. The Bertz CT molecular complexity index is 690. The predicted molar refractivity (Wildman–Crippen MR) is 99.4 cm³/mol. The van der Waals surface area contributed by atoms with Crippen molar-refractivity contribution in [2.75, 3.05) is 20.3 Å². The summed E-state index contributed by atoms with van der Waals surface area (Å²) in [6, 6.07) is 18.1. The van der Waals surface area contributed by atoms with Gasteiger partial charge in [0.25, 0.3) is 0 Å². The Balaban J connectivity index is 2.06. The number of methoxy groups -OCH3 is 1. The minimum absolute atomic E-state index is 0.434. The third-order valence-corrected chi connectivity index (χ3v) is 6.44. The minimum atomic E-state index is -1.18. The molecule has 2 nitrogen and oxygen atoms in total. The summed E-state index contributed by atoms with van der Waals surface area (Å²) in [6.07, 6.45) is 1.29. The van der Waals surface area contributed by atoms with Crippen LogP contribution in [0, 0.1) is 0 Å². The molecule has 0 aromatic heterocycles. The molecular formula is C20H28NOSi+. The van der Waals surface area contributed by atoms with Gasteiger partial charge in [0.2, 0.25) is 0 Å². The number of quaternary nitrogens is 1. The average Bonchev–Trinajstić information content (AvgIpc) is 2.76. The zero-order valence-electron chi connectivity index (χ0n) is 15.0. The highest BCUT2D eigenvalue weighted by molar-refractivity contribution is 6.76. The molecule has 0 fully saturated rings. The van der Waals surface area contributed by atoms with Gasteiger partial charge in [-0.05, 0) is 24.3 Å². The van der Waals surface area contributed by atoms with Gasteiger partial charge in [-0.15, -0.1) is 0 Å². The number of benzene rings is 2. The molecule has 0 radical (unpaired) electrons. The first-order chi connectivity index (χ1) is 10.8. The largest absolute Gasteiger partial charge is 0.497 e. The third-order valence-electron chi connectivity index (χ3n) is 4.77. The minimum Gasteiger partial charge on any atom is -0.497 e. The molecule has 3 heteroatoms. The van der Waals surface area contributed by atoms with Gasteiger partial charge in [-0.25, -0.2) is 0 Å². The van der Waals surface area contributed by atoms with Crippen molar-refractivity contribution in [1.29, 1.82) is 0 Å². The smallest absolute Gasteiger partial charge is 0.141 e. The Morgan fingerprint density at radius 3 is 2.30 bits per heavy atom. The topological polar surface area (TPSA) is 9.23 Å². The fraction of sp³-hybridized carbons (Fsp3) is 0.400. The van der Waals surface area contributed by atoms with Crippen molar-refractivity contribution < 1.29 is 9.22 Å². The summed E-state index contributed by atoms with van der Waals surface area (Å²) in [5.74, 6) is 0.930. The first-order valence-electron chi connectivity index (χ1n) is 8.38. The maximum absolute atomic E-state index is 5.34. The van der Waals surface area contributed by atoms with Crippen molar-refractivity contribution in [1.82, 2.24) is 0 Å². The molecule has 2 aromatic carbocycles. The van der Waals surface area contributed by atoms with Crippen LogP contribution in [0.5, 0.6) is 5.75 Å². The monoisotopic (exact) mass is 326 g/mol. The van der Waals surface area contributed by atoms with Gasteiger partial charge in [0.15, 0.2) is 0 Å². The molecule has 122 valence electrons. The van der Waals surface area contributed by atoms with Crippen LogP contribution in [0.3, 0.4) is 0 Å². The average molecular weight is 327 g/mol. The molecule has 1 aliphatic rings. The van der Waals surface area contributed by atoms with E-state index >= 15 is 0 Å². The lowest BCUT2D eigenvalue weighted by molar-refractivity contribution is -0.930. The number of hydrogen-bond donors (Lipinski definition) is 0. The fourth-order valence-corrected chi connectivity index (χ4v) is 6.78. The second kappa shape index (κ2) is 5.80. The number of ether oxygens (including phenoxy) is 1. The van der Waals surface area contributed by atoms with E-state index < -0.39 is 8.07 Å². The lowest BCUT2D eigenvalue weighted by atomic mass is 9.97. The predicted octanol–water partition coefficient (Wildman–Crippen LogP) is 4.62. The van der Waals surface area contributed by atoms with Crippen molar-refractivity contribution in [2.24, 2.45) is 0 Å². The zero-order chi connectivity index (χ0) is 16.7. The zero-order valence-corrected chi connectivity index (χ0v) is 16.0. The van der Waals surface area contributed by atoms with E-state index in [0.717, 1.165) is 16.8 Å². The molecule has 0 amide bonds. The highest BCUT2D eigenvalue weighted by Crippen LogP contribution is 2.44. The van der Waals surface area contributed by atoms with E-state index in [1.165, 1.54) is 22.9 Å². The van der Waals surface area contributed by atoms with Crippen molar-refractivity contribution in [3.8, 4) is 5.75 Å². The molecule has 3 rings (SSSR count). The summed E-state index contributed by atoms with van der Waals surface area (Å²) >= 11 is 0. The van der Waals surface area contributed by atoms with E-state index in [2.05, 4.69) is 75.2 Å². The Kier molecular flexibility index (Phi) is 4.11. The van der Waals surface area contributed by atoms with Crippen molar-refractivity contribution in [3.05, 3.63) is 65.2 Å². The molecule has 0 bridgehead atoms. The Hall–Kier alpha value is -1.58. The van der Waals surface area contributed by atoms with E-state index in [4.69, 9.17) is 4.74 Å². The molecular weight excluding hydrogens is 298 g/mol. The van der Waals surface area contributed by atoms with Crippen LogP contribution in [-0.2, 0) is 6.54 Å². The molecule has 0 aliphatic carbocycles. The summed E-state index contributed by atoms with van der Waals surface area (Å²) in [5.41, 5.74) is 4.41. The fourth-order valence-electron chi connectivity index (χ4n) is 4.32. The van der Waals surface area contributed by atoms with Gasteiger partial charge in [-0.2, -0.15) is 0 Å². The highest BCUT2D eigenvalue weighted by atomic mass is 28.3. The van der Waals surface area contributed by atoms with Gasteiger partial charge in [-0.1, -0.05) is 43.9 Å². The highest BCUT2D eigenvalue weighted by Gasteiger charge is 2.45. The molecule has 1 aliphatic heterocycles. The molecule has 2 atom stereocenters. The van der Waals surface area contributed by atoms with Gasteiger partial charge < -0.3 is 9.22 Å². The molecule has 23 heavy (non-hydrogen) atoms. The van der Waals surface area contributed by atoms with Crippen LogP contribution in [0.25, 0.3) is 0 Å². The second-order valence-electron chi connectivity index (χ2n) is 8.23. The molecule has 0 spiro atoms.